The number of aromatic nitrogens is 6. The van der Waals surface area contributed by atoms with E-state index in [1.807, 2.05) is 35.9 Å². The highest BCUT2D eigenvalue weighted by atomic mass is 32.2. The molecule has 0 unspecified atom stereocenters. The van der Waals surface area contributed by atoms with Crippen LogP contribution in [0, 0.1) is 6.92 Å². The molecular weight excluding hydrogens is 368 g/mol. The minimum atomic E-state index is 0.526. The predicted octanol–water partition coefficient (Wildman–Crippen LogP) is 3.63. The largest absolute Gasteiger partial charge is 0.338 e. The third kappa shape index (κ3) is 4.00. The number of hydrogen-bond donors (Lipinski definition) is 0. The Morgan fingerprint density at radius 2 is 2.19 bits per heavy atom. The zero-order valence-corrected chi connectivity index (χ0v) is 15.7. The van der Waals surface area contributed by atoms with Gasteiger partial charge in [-0.2, -0.15) is 4.98 Å². The minimum Gasteiger partial charge on any atom is -0.338 e. The second kappa shape index (κ2) is 7.79. The van der Waals surface area contributed by atoms with E-state index < -0.39 is 0 Å². The Balaban J connectivity index is 1.38. The molecule has 0 radical (unpaired) electrons. The first-order valence-corrected chi connectivity index (χ1v) is 9.95. The summed E-state index contributed by atoms with van der Waals surface area (Å²) in [5, 5.41) is 18.8. The Hall–Kier alpha value is -2.52. The quantitative estimate of drug-likeness (QED) is 0.450. The van der Waals surface area contributed by atoms with Crippen LogP contribution in [-0.4, -0.2) is 30.3 Å². The van der Waals surface area contributed by atoms with Crippen LogP contribution in [0.2, 0.25) is 0 Å². The van der Waals surface area contributed by atoms with Crippen LogP contribution >= 0.6 is 23.1 Å². The zero-order chi connectivity index (χ0) is 17.8. The van der Waals surface area contributed by atoms with Gasteiger partial charge < -0.3 is 4.52 Å². The first kappa shape index (κ1) is 16.9. The number of thioether (sulfide) groups is 1. The molecule has 0 bridgehead atoms. The fraction of sp³-hybridized carbons (Fsp3) is 0.235. The molecule has 1 aromatic carbocycles. The van der Waals surface area contributed by atoms with Crippen LogP contribution in [0.1, 0.15) is 16.3 Å². The van der Waals surface area contributed by atoms with Gasteiger partial charge in [0.15, 0.2) is 0 Å². The van der Waals surface area contributed by atoms with Gasteiger partial charge in [-0.15, -0.1) is 16.4 Å². The monoisotopic (exact) mass is 384 g/mol. The molecule has 0 aliphatic heterocycles. The summed E-state index contributed by atoms with van der Waals surface area (Å²) in [6, 6.07) is 12.2. The highest BCUT2D eigenvalue weighted by Crippen LogP contribution is 2.22. The van der Waals surface area contributed by atoms with Crippen LogP contribution in [-0.2, 0) is 18.7 Å². The van der Waals surface area contributed by atoms with Gasteiger partial charge in [-0.05, 0) is 34.9 Å². The fourth-order valence-corrected chi connectivity index (χ4v) is 3.89. The molecule has 0 N–H and O–H groups in total. The molecule has 0 aliphatic rings. The molecule has 0 saturated carbocycles. The van der Waals surface area contributed by atoms with Crippen molar-refractivity contribution in [2.24, 2.45) is 0 Å². The molecular formula is C17H16N6OS2. The van der Waals surface area contributed by atoms with E-state index in [9.17, 15) is 0 Å². The maximum Gasteiger partial charge on any atom is 0.237 e. The van der Waals surface area contributed by atoms with E-state index in [1.54, 1.807) is 11.3 Å². The molecule has 26 heavy (non-hydrogen) atoms. The molecule has 0 atom stereocenters. The highest BCUT2D eigenvalue weighted by Gasteiger charge is 2.12. The summed E-state index contributed by atoms with van der Waals surface area (Å²) in [4.78, 5) is 5.78. The molecule has 0 fully saturated rings. The summed E-state index contributed by atoms with van der Waals surface area (Å²) < 4.78 is 7.17. The first-order valence-electron chi connectivity index (χ1n) is 8.09. The molecule has 4 rings (SSSR count). The normalized spacial score (nSPS) is 11.1. The van der Waals surface area contributed by atoms with E-state index in [2.05, 4.69) is 43.2 Å². The number of tetrazole rings is 1. The number of nitrogens with zero attached hydrogens (tertiary/aromatic N) is 6. The van der Waals surface area contributed by atoms with Gasteiger partial charge in [0, 0.05) is 16.9 Å². The van der Waals surface area contributed by atoms with Gasteiger partial charge in [0.2, 0.25) is 16.9 Å². The van der Waals surface area contributed by atoms with Gasteiger partial charge in [0.1, 0.15) is 0 Å². The predicted molar refractivity (Wildman–Crippen MR) is 99.9 cm³/mol. The minimum absolute atomic E-state index is 0.526. The Labute approximate surface area is 158 Å². The second-order valence-corrected chi connectivity index (χ2v) is 7.66. The number of thiophene rings is 1. The van der Waals surface area contributed by atoms with Crippen molar-refractivity contribution in [3.8, 4) is 11.4 Å². The topological polar surface area (TPSA) is 82.5 Å². The van der Waals surface area contributed by atoms with Crippen molar-refractivity contribution in [2.75, 3.05) is 0 Å². The lowest BCUT2D eigenvalue weighted by Gasteiger charge is -2.01. The number of rotatable bonds is 7. The van der Waals surface area contributed by atoms with Crippen LogP contribution in [0.5, 0.6) is 0 Å². The van der Waals surface area contributed by atoms with E-state index in [4.69, 9.17) is 4.52 Å². The van der Waals surface area contributed by atoms with Crippen molar-refractivity contribution in [1.82, 2.24) is 30.3 Å². The van der Waals surface area contributed by atoms with E-state index in [-0.39, 0.29) is 0 Å². The molecule has 3 aromatic heterocycles. The molecule has 0 saturated heterocycles. The Morgan fingerprint density at radius 3 is 3.04 bits per heavy atom. The maximum absolute atomic E-state index is 5.36. The average molecular weight is 384 g/mol. The van der Waals surface area contributed by atoms with Gasteiger partial charge in [-0.1, -0.05) is 46.7 Å². The summed E-state index contributed by atoms with van der Waals surface area (Å²) in [5.74, 6) is 1.68. The van der Waals surface area contributed by atoms with E-state index >= 15 is 0 Å². The summed E-state index contributed by atoms with van der Waals surface area (Å²) >= 11 is 3.23. The van der Waals surface area contributed by atoms with E-state index in [0.717, 1.165) is 29.2 Å². The van der Waals surface area contributed by atoms with Crippen LogP contribution in [0.4, 0.5) is 0 Å². The second-order valence-electron chi connectivity index (χ2n) is 5.68. The Bertz CT molecular complexity index is 979. The fourth-order valence-electron chi connectivity index (χ4n) is 2.45. The van der Waals surface area contributed by atoms with Crippen LogP contribution < -0.4 is 0 Å². The highest BCUT2D eigenvalue weighted by molar-refractivity contribution is 7.98. The van der Waals surface area contributed by atoms with Gasteiger partial charge in [0.05, 0.1) is 12.3 Å². The van der Waals surface area contributed by atoms with E-state index in [0.29, 0.717) is 17.5 Å². The van der Waals surface area contributed by atoms with Gasteiger partial charge >= 0.3 is 0 Å². The third-order valence-corrected chi connectivity index (χ3v) is 5.60. The molecule has 0 amide bonds. The lowest BCUT2D eigenvalue weighted by atomic mass is 10.1. The number of hydrogen-bond acceptors (Lipinski definition) is 8. The lowest BCUT2D eigenvalue weighted by Crippen LogP contribution is -2.04. The summed E-state index contributed by atoms with van der Waals surface area (Å²) in [6.45, 7) is 2.78. The average Bonchev–Trinajstić information content (AvgIpc) is 3.39. The molecule has 3 heterocycles. The first-order chi connectivity index (χ1) is 12.8. The van der Waals surface area contributed by atoms with Gasteiger partial charge in [-0.25, -0.2) is 4.68 Å². The van der Waals surface area contributed by atoms with Crippen molar-refractivity contribution in [3.63, 3.8) is 0 Å². The van der Waals surface area contributed by atoms with Crippen LogP contribution in [0.3, 0.4) is 0 Å². The van der Waals surface area contributed by atoms with Crippen molar-refractivity contribution in [3.05, 3.63) is 58.1 Å². The Morgan fingerprint density at radius 1 is 1.23 bits per heavy atom. The lowest BCUT2D eigenvalue weighted by molar-refractivity contribution is 0.391. The SMILES string of the molecule is Cc1cccc(-c2noc(CSc3nnnn3CCc3cccs3)n2)c1. The maximum atomic E-state index is 5.36. The molecule has 0 aliphatic carbocycles. The number of benzene rings is 1. The van der Waals surface area contributed by atoms with Crippen molar-refractivity contribution in [2.45, 2.75) is 30.8 Å². The van der Waals surface area contributed by atoms with Gasteiger partial charge in [0.25, 0.3) is 0 Å². The molecule has 7 nitrogen and oxygen atoms in total. The molecule has 4 aromatic rings. The molecule has 9 heteroatoms. The summed E-state index contributed by atoms with van der Waals surface area (Å²) in [7, 11) is 0. The van der Waals surface area contributed by atoms with Crippen molar-refractivity contribution in [1.29, 1.82) is 0 Å². The smallest absolute Gasteiger partial charge is 0.237 e. The standard InChI is InChI=1S/C17H16N6OS2/c1-12-4-2-5-13(10-12)16-18-15(24-20-16)11-26-17-19-21-22-23(17)8-7-14-6-3-9-25-14/h2-6,9-10H,7-8,11H2,1H3. The van der Waals surface area contributed by atoms with Crippen molar-refractivity contribution < 1.29 is 4.52 Å². The molecule has 0 spiro atoms. The summed E-state index contributed by atoms with van der Waals surface area (Å²) in [5.41, 5.74) is 2.11. The Kier molecular flexibility index (Phi) is 5.07. The van der Waals surface area contributed by atoms with E-state index in [1.165, 1.54) is 16.6 Å². The number of aryl methyl sites for hydroxylation is 3. The van der Waals surface area contributed by atoms with Crippen LogP contribution in [0.25, 0.3) is 11.4 Å². The third-order valence-electron chi connectivity index (χ3n) is 3.72. The van der Waals surface area contributed by atoms with Crippen molar-refractivity contribution >= 4 is 23.1 Å². The zero-order valence-electron chi connectivity index (χ0n) is 14.1. The summed E-state index contributed by atoms with van der Waals surface area (Å²) in [6.07, 6.45) is 0.911. The van der Waals surface area contributed by atoms with Gasteiger partial charge in [-0.3, -0.25) is 0 Å². The molecule has 132 valence electrons. The van der Waals surface area contributed by atoms with Crippen LogP contribution in [0.15, 0.2) is 51.5 Å².